The van der Waals surface area contributed by atoms with Crippen molar-refractivity contribution in [3.8, 4) is 11.5 Å². The van der Waals surface area contributed by atoms with E-state index in [1.165, 1.54) is 0 Å². The molecule has 1 unspecified atom stereocenters. The zero-order valence-electron chi connectivity index (χ0n) is 19.4. The van der Waals surface area contributed by atoms with Gasteiger partial charge in [-0.2, -0.15) is 0 Å². The fourth-order valence-corrected chi connectivity index (χ4v) is 4.09. The highest BCUT2D eigenvalue weighted by atomic mass is 35.5. The highest BCUT2D eigenvalue weighted by molar-refractivity contribution is 6.30. The van der Waals surface area contributed by atoms with Crippen molar-refractivity contribution in [3.05, 3.63) is 101 Å². The van der Waals surface area contributed by atoms with Crippen LogP contribution in [0, 0.1) is 0 Å². The number of benzene rings is 3. The Labute approximate surface area is 206 Å². The molecule has 0 spiro atoms. The van der Waals surface area contributed by atoms with Crippen molar-refractivity contribution in [2.24, 2.45) is 0 Å². The van der Waals surface area contributed by atoms with Gasteiger partial charge >= 0.3 is 0 Å². The minimum absolute atomic E-state index is 0.378. The van der Waals surface area contributed by atoms with E-state index in [0.717, 1.165) is 52.9 Å². The normalized spacial score (nSPS) is 12.9. The number of ether oxygens (including phenoxy) is 2. The highest BCUT2D eigenvalue weighted by Crippen LogP contribution is 2.30. The molecule has 3 aromatic carbocycles. The average molecular weight is 476 g/mol. The summed E-state index contributed by atoms with van der Waals surface area (Å²) in [4.78, 5) is 4.66. The molecule has 4 rings (SSSR count). The third kappa shape index (κ3) is 6.72. The molecule has 4 nitrogen and oxygen atoms in total. The molecule has 1 atom stereocenters. The summed E-state index contributed by atoms with van der Waals surface area (Å²) in [5.74, 6) is 1.51. The lowest BCUT2D eigenvalue weighted by Gasteiger charge is -2.24. The second kappa shape index (κ2) is 11.4. The van der Waals surface area contributed by atoms with Gasteiger partial charge in [-0.05, 0) is 74.2 Å². The monoisotopic (exact) mass is 475 g/mol. The van der Waals surface area contributed by atoms with Gasteiger partial charge in [-0.25, -0.2) is 4.98 Å². The summed E-state index contributed by atoms with van der Waals surface area (Å²) >= 11 is 5.98. The average Bonchev–Trinajstić information content (AvgIpc) is 2.85. The van der Waals surface area contributed by atoms with Crippen molar-refractivity contribution >= 4 is 22.5 Å². The number of nitrogens with zero attached hydrogens (tertiary/aromatic N) is 1. The maximum atomic E-state index is 11.1. The van der Waals surface area contributed by atoms with Gasteiger partial charge in [-0.15, -0.1) is 0 Å². The number of fused-ring (bicyclic) bond motifs is 1. The Hall–Kier alpha value is -3.08. The summed E-state index contributed by atoms with van der Waals surface area (Å²) in [6.45, 7) is 2.87. The molecule has 5 heteroatoms. The van der Waals surface area contributed by atoms with Gasteiger partial charge in [0.15, 0.2) is 0 Å². The zero-order chi connectivity index (χ0) is 23.8. The molecule has 0 aliphatic carbocycles. The molecule has 0 saturated heterocycles. The Morgan fingerprint density at radius 1 is 0.824 bits per heavy atom. The van der Waals surface area contributed by atoms with Crippen LogP contribution < -0.4 is 9.47 Å². The van der Waals surface area contributed by atoms with Crippen molar-refractivity contribution in [2.75, 3.05) is 6.61 Å². The highest BCUT2D eigenvalue weighted by Gasteiger charge is 2.23. The smallest absolute Gasteiger partial charge is 0.130 e. The number of hydrogen-bond acceptors (Lipinski definition) is 4. The molecular formula is C29H30ClNO3. The minimum Gasteiger partial charge on any atom is -0.494 e. The molecule has 0 amide bonds. The van der Waals surface area contributed by atoms with Crippen molar-refractivity contribution in [1.29, 1.82) is 0 Å². The summed E-state index contributed by atoms with van der Waals surface area (Å²) in [7, 11) is 0. The van der Waals surface area contributed by atoms with Crippen LogP contribution in [0.5, 0.6) is 11.5 Å². The van der Waals surface area contributed by atoms with E-state index >= 15 is 0 Å². The Balaban J connectivity index is 1.24. The third-order valence-corrected chi connectivity index (χ3v) is 6.11. The molecule has 0 radical (unpaired) electrons. The van der Waals surface area contributed by atoms with E-state index in [1.54, 1.807) is 0 Å². The van der Waals surface area contributed by atoms with Crippen LogP contribution in [-0.2, 0) is 12.2 Å². The van der Waals surface area contributed by atoms with Gasteiger partial charge in [0.25, 0.3) is 0 Å². The van der Waals surface area contributed by atoms with Crippen LogP contribution in [0.4, 0.5) is 0 Å². The lowest BCUT2D eigenvalue weighted by Crippen LogP contribution is -2.21. The van der Waals surface area contributed by atoms with E-state index in [1.807, 2.05) is 85.8 Å². The first-order valence-corrected chi connectivity index (χ1v) is 12.1. The molecule has 0 bridgehead atoms. The van der Waals surface area contributed by atoms with E-state index in [-0.39, 0.29) is 0 Å². The molecule has 1 N–H and O–H groups in total. The first-order valence-electron chi connectivity index (χ1n) is 11.7. The molecule has 34 heavy (non-hydrogen) atoms. The quantitative estimate of drug-likeness (QED) is 0.231. The van der Waals surface area contributed by atoms with E-state index in [2.05, 4.69) is 11.1 Å². The molecule has 4 aromatic rings. The predicted octanol–water partition coefficient (Wildman–Crippen LogP) is 7.31. The molecule has 0 saturated carbocycles. The summed E-state index contributed by atoms with van der Waals surface area (Å²) in [6, 6.07) is 27.2. The van der Waals surface area contributed by atoms with E-state index in [0.29, 0.717) is 24.7 Å². The number of hydrogen-bond donors (Lipinski definition) is 1. The van der Waals surface area contributed by atoms with E-state index < -0.39 is 5.60 Å². The Morgan fingerprint density at radius 3 is 2.47 bits per heavy atom. The lowest BCUT2D eigenvalue weighted by atomic mass is 9.90. The third-order valence-electron chi connectivity index (χ3n) is 5.87. The second-order valence-corrected chi connectivity index (χ2v) is 9.14. The van der Waals surface area contributed by atoms with Gasteiger partial charge in [0.2, 0.25) is 0 Å². The first-order chi connectivity index (χ1) is 16.5. The number of aliphatic hydroxyl groups is 1. The minimum atomic E-state index is -0.922. The summed E-state index contributed by atoms with van der Waals surface area (Å²) in [5.41, 5.74) is 1.76. The van der Waals surface area contributed by atoms with Crippen LogP contribution in [0.1, 0.15) is 43.9 Å². The predicted molar refractivity (Wildman–Crippen MR) is 138 cm³/mol. The molecule has 1 heterocycles. The molecule has 176 valence electrons. The molecule has 1 aromatic heterocycles. The standard InChI is InChI=1S/C29H30ClNO3/c1-29(32,17-5-2-6-18-33-27-13-8-11-24(30)20-27)23-10-7-12-26(19-23)34-21-25-16-15-22-9-3-4-14-28(22)31-25/h3-4,7-16,19-20,32H,2,5-6,17-18,21H2,1H3. The van der Waals surface area contributed by atoms with Gasteiger partial charge in [-0.3, -0.25) is 0 Å². The number of halogens is 1. The number of aromatic nitrogens is 1. The van der Waals surface area contributed by atoms with Crippen LogP contribution >= 0.6 is 11.6 Å². The molecule has 0 aliphatic rings. The SMILES string of the molecule is CC(O)(CCCCCOc1cccc(Cl)c1)c1cccc(OCc2ccc3ccccc3n2)c1. The van der Waals surface area contributed by atoms with Crippen LogP contribution in [0.25, 0.3) is 10.9 Å². The van der Waals surface area contributed by atoms with Crippen LogP contribution in [0.3, 0.4) is 0 Å². The van der Waals surface area contributed by atoms with Crippen molar-refractivity contribution in [1.82, 2.24) is 4.98 Å². The number of pyridine rings is 1. The molecule has 0 fully saturated rings. The second-order valence-electron chi connectivity index (χ2n) is 8.70. The molecular weight excluding hydrogens is 446 g/mol. The van der Waals surface area contributed by atoms with E-state index in [4.69, 9.17) is 21.1 Å². The van der Waals surface area contributed by atoms with Crippen molar-refractivity contribution < 1.29 is 14.6 Å². The number of unbranched alkanes of at least 4 members (excludes halogenated alkanes) is 2. The van der Waals surface area contributed by atoms with Crippen molar-refractivity contribution in [2.45, 2.75) is 44.8 Å². The fourth-order valence-electron chi connectivity index (χ4n) is 3.91. The summed E-state index contributed by atoms with van der Waals surface area (Å²) < 4.78 is 11.7. The zero-order valence-corrected chi connectivity index (χ0v) is 20.2. The maximum Gasteiger partial charge on any atom is 0.130 e. The first kappa shape index (κ1) is 24.1. The Morgan fingerprint density at radius 2 is 1.62 bits per heavy atom. The van der Waals surface area contributed by atoms with Gasteiger partial charge in [0, 0.05) is 10.4 Å². The topological polar surface area (TPSA) is 51.6 Å². The van der Waals surface area contributed by atoms with E-state index in [9.17, 15) is 5.11 Å². The van der Waals surface area contributed by atoms with Crippen molar-refractivity contribution in [3.63, 3.8) is 0 Å². The van der Waals surface area contributed by atoms with Crippen LogP contribution in [0.2, 0.25) is 5.02 Å². The molecule has 0 aliphatic heterocycles. The Bertz CT molecular complexity index is 1220. The van der Waals surface area contributed by atoms with Gasteiger partial charge < -0.3 is 14.6 Å². The largest absolute Gasteiger partial charge is 0.494 e. The van der Waals surface area contributed by atoms with Gasteiger partial charge in [0.05, 0.1) is 23.4 Å². The maximum absolute atomic E-state index is 11.1. The van der Waals surface area contributed by atoms with Crippen LogP contribution in [-0.4, -0.2) is 16.7 Å². The number of rotatable bonds is 11. The summed E-state index contributed by atoms with van der Waals surface area (Å²) in [6.07, 6.45) is 3.46. The number of para-hydroxylation sites is 1. The lowest BCUT2D eigenvalue weighted by molar-refractivity contribution is 0.0442. The summed E-state index contributed by atoms with van der Waals surface area (Å²) in [5, 5.41) is 12.9. The van der Waals surface area contributed by atoms with Gasteiger partial charge in [-0.1, -0.05) is 60.5 Å². The van der Waals surface area contributed by atoms with Gasteiger partial charge in [0.1, 0.15) is 18.1 Å². The fraction of sp³-hybridized carbons (Fsp3) is 0.276. The Kier molecular flexibility index (Phi) is 8.04. The van der Waals surface area contributed by atoms with Crippen LogP contribution in [0.15, 0.2) is 84.9 Å².